The lowest BCUT2D eigenvalue weighted by molar-refractivity contribution is 0.410. The molecule has 0 aliphatic heterocycles. The van der Waals surface area contributed by atoms with Gasteiger partial charge in [-0.3, -0.25) is 0 Å². The van der Waals surface area contributed by atoms with E-state index >= 15 is 0 Å². The van der Waals surface area contributed by atoms with E-state index in [1.54, 1.807) is 0 Å². The van der Waals surface area contributed by atoms with Gasteiger partial charge in [0.25, 0.3) is 0 Å². The van der Waals surface area contributed by atoms with Crippen molar-refractivity contribution in [2.45, 2.75) is 0 Å². The van der Waals surface area contributed by atoms with E-state index in [9.17, 15) is 30.7 Å². The number of benzene rings is 2. The van der Waals surface area contributed by atoms with Crippen LogP contribution in [0.3, 0.4) is 0 Å². The zero-order valence-corrected chi connectivity index (χ0v) is 8.35. The Bertz CT molecular complexity index is 562. The van der Waals surface area contributed by atoms with Gasteiger partial charge in [-0.2, -0.15) is 0 Å². The summed E-state index contributed by atoms with van der Waals surface area (Å²) in [5, 5.41) is -2.79. The summed E-state index contributed by atoms with van der Waals surface area (Å²) in [6, 6.07) is 0. The molecule has 0 aliphatic rings. The molecule has 0 N–H and O–H groups in total. The van der Waals surface area contributed by atoms with Crippen LogP contribution in [0.2, 0.25) is 0 Å². The highest BCUT2D eigenvalue weighted by molar-refractivity contribution is 5.88. The van der Waals surface area contributed by atoms with Crippen LogP contribution in [0.1, 0.15) is 5.56 Å². The molecule has 0 spiro atoms. The molecule has 7 heteroatoms. The predicted octanol–water partition coefficient (Wildman–Crippen LogP) is 4.00. The molecule has 0 amide bonds. The van der Waals surface area contributed by atoms with Crippen LogP contribution in [0.4, 0.5) is 30.7 Å². The van der Waals surface area contributed by atoms with Gasteiger partial charge in [-0.25, -0.2) is 30.7 Å². The SMILES string of the molecule is [CH2]c1c(F)c(F)c(F)c2c(F)c(F)c(F)c(F)c12. The number of rotatable bonds is 0. The van der Waals surface area contributed by atoms with Crippen molar-refractivity contribution in [2.75, 3.05) is 0 Å². The Kier molecular flexibility index (Phi) is 2.71. The maximum atomic E-state index is 13.3. The summed E-state index contributed by atoms with van der Waals surface area (Å²) in [7, 11) is 0. The van der Waals surface area contributed by atoms with E-state index in [0.717, 1.165) is 0 Å². The molecule has 2 aromatic carbocycles. The Labute approximate surface area is 95.6 Å². The van der Waals surface area contributed by atoms with Gasteiger partial charge in [-0.05, 0) is 6.92 Å². The smallest absolute Gasteiger partial charge is 0.198 e. The first-order valence-electron chi connectivity index (χ1n) is 4.43. The molecule has 2 aromatic rings. The first-order chi connectivity index (χ1) is 8.29. The van der Waals surface area contributed by atoms with Gasteiger partial charge in [0, 0.05) is 10.9 Å². The van der Waals surface area contributed by atoms with Gasteiger partial charge in [-0.1, -0.05) is 0 Å². The van der Waals surface area contributed by atoms with E-state index in [1.807, 2.05) is 0 Å². The van der Waals surface area contributed by atoms with E-state index in [4.69, 9.17) is 0 Å². The summed E-state index contributed by atoms with van der Waals surface area (Å²) in [6.45, 7) is 2.85. The third-order valence-corrected chi connectivity index (χ3v) is 2.44. The Morgan fingerprint density at radius 2 is 0.778 bits per heavy atom. The summed E-state index contributed by atoms with van der Waals surface area (Å²) >= 11 is 0. The van der Waals surface area contributed by atoms with Crippen molar-refractivity contribution < 1.29 is 30.7 Å². The zero-order chi connectivity index (χ0) is 13.8. The van der Waals surface area contributed by atoms with Crippen LogP contribution in [0.5, 0.6) is 0 Å². The highest BCUT2D eigenvalue weighted by Gasteiger charge is 2.28. The minimum absolute atomic E-state index is 1.10. The fourth-order valence-corrected chi connectivity index (χ4v) is 1.57. The summed E-state index contributed by atoms with van der Waals surface area (Å²) in [5.74, 6) is -14.9. The Hall–Kier alpha value is -1.79. The molecule has 2 rings (SSSR count). The van der Waals surface area contributed by atoms with Crippen molar-refractivity contribution in [1.82, 2.24) is 0 Å². The molecular formula is C11H2F7. The lowest BCUT2D eigenvalue weighted by Gasteiger charge is -2.10. The monoisotopic (exact) mass is 267 g/mol. The molecule has 0 saturated heterocycles. The molecule has 18 heavy (non-hydrogen) atoms. The quantitative estimate of drug-likeness (QED) is 0.384. The molecule has 0 nitrogen and oxygen atoms in total. The summed E-state index contributed by atoms with van der Waals surface area (Å²) in [6.07, 6.45) is 0. The minimum Gasteiger partial charge on any atom is -0.203 e. The molecule has 0 unspecified atom stereocenters. The van der Waals surface area contributed by atoms with Crippen molar-refractivity contribution in [2.24, 2.45) is 0 Å². The third kappa shape index (κ3) is 1.39. The topological polar surface area (TPSA) is 0 Å². The van der Waals surface area contributed by atoms with Crippen LogP contribution in [-0.2, 0) is 0 Å². The fraction of sp³-hybridized carbons (Fsp3) is 0. The van der Waals surface area contributed by atoms with Crippen molar-refractivity contribution in [3.63, 3.8) is 0 Å². The third-order valence-electron chi connectivity index (χ3n) is 2.44. The van der Waals surface area contributed by atoms with Gasteiger partial charge < -0.3 is 0 Å². The maximum absolute atomic E-state index is 13.3. The van der Waals surface area contributed by atoms with Crippen LogP contribution in [-0.4, -0.2) is 0 Å². The summed E-state index contributed by atoms with van der Waals surface area (Å²) in [5.41, 5.74) is -1.10. The van der Waals surface area contributed by atoms with Crippen molar-refractivity contribution in [1.29, 1.82) is 0 Å². The standard InChI is InChI=1S/C11H2F7/c1-2-3-4(7(14)9(16)5(2)12)8(15)11(18)10(17)6(3)13/h1H2. The van der Waals surface area contributed by atoms with E-state index in [-0.39, 0.29) is 0 Å². The van der Waals surface area contributed by atoms with Crippen LogP contribution in [0.25, 0.3) is 10.8 Å². The molecule has 0 fully saturated rings. The second-order valence-corrected chi connectivity index (χ2v) is 3.43. The first-order valence-corrected chi connectivity index (χ1v) is 4.43. The Balaban J connectivity index is 3.22. The fourth-order valence-electron chi connectivity index (χ4n) is 1.57. The van der Waals surface area contributed by atoms with Crippen LogP contribution < -0.4 is 0 Å². The molecule has 1 radical (unpaired) electrons. The largest absolute Gasteiger partial charge is 0.203 e. The van der Waals surface area contributed by atoms with E-state index in [1.165, 1.54) is 0 Å². The maximum Gasteiger partial charge on any atom is 0.198 e. The van der Waals surface area contributed by atoms with Gasteiger partial charge >= 0.3 is 0 Å². The first kappa shape index (κ1) is 12.7. The van der Waals surface area contributed by atoms with Crippen LogP contribution >= 0.6 is 0 Å². The minimum atomic E-state index is -2.32. The van der Waals surface area contributed by atoms with Crippen LogP contribution in [0, 0.1) is 47.6 Å². The number of fused-ring (bicyclic) bond motifs is 1. The lowest BCUT2D eigenvalue weighted by Crippen LogP contribution is -2.05. The molecule has 0 aliphatic carbocycles. The van der Waals surface area contributed by atoms with Gasteiger partial charge in [0.05, 0.1) is 5.39 Å². The summed E-state index contributed by atoms with van der Waals surface area (Å²) in [4.78, 5) is 0. The van der Waals surface area contributed by atoms with Crippen LogP contribution in [0.15, 0.2) is 0 Å². The normalized spacial score (nSPS) is 11.3. The second-order valence-electron chi connectivity index (χ2n) is 3.43. The van der Waals surface area contributed by atoms with E-state index < -0.39 is 57.1 Å². The Morgan fingerprint density at radius 3 is 1.22 bits per heavy atom. The molecule has 0 heterocycles. The van der Waals surface area contributed by atoms with Gasteiger partial charge in [-0.15, -0.1) is 0 Å². The van der Waals surface area contributed by atoms with Crippen molar-refractivity contribution >= 4 is 10.8 Å². The predicted molar refractivity (Wildman–Crippen MR) is 48.1 cm³/mol. The van der Waals surface area contributed by atoms with Gasteiger partial charge in [0.2, 0.25) is 0 Å². The zero-order valence-electron chi connectivity index (χ0n) is 8.35. The molecule has 0 atom stereocenters. The lowest BCUT2D eigenvalue weighted by atomic mass is 10.0. The average molecular weight is 267 g/mol. The summed E-state index contributed by atoms with van der Waals surface area (Å²) < 4.78 is 91.7. The second kappa shape index (κ2) is 3.86. The average Bonchev–Trinajstić information content (AvgIpc) is 2.35. The number of hydrogen-bond donors (Lipinski definition) is 0. The number of hydrogen-bond acceptors (Lipinski definition) is 0. The molecule has 0 bridgehead atoms. The number of halogens is 7. The van der Waals surface area contributed by atoms with E-state index in [2.05, 4.69) is 6.92 Å². The van der Waals surface area contributed by atoms with Crippen molar-refractivity contribution in [3.05, 3.63) is 53.2 Å². The Morgan fingerprint density at radius 1 is 0.444 bits per heavy atom. The van der Waals surface area contributed by atoms with Crippen molar-refractivity contribution in [3.8, 4) is 0 Å². The molecule has 0 saturated carbocycles. The highest BCUT2D eigenvalue weighted by Crippen LogP contribution is 2.33. The molecular weight excluding hydrogens is 265 g/mol. The molecule has 0 aromatic heterocycles. The van der Waals surface area contributed by atoms with E-state index in [0.29, 0.717) is 0 Å². The van der Waals surface area contributed by atoms with Gasteiger partial charge in [0.15, 0.2) is 40.7 Å². The highest BCUT2D eigenvalue weighted by atomic mass is 19.2. The van der Waals surface area contributed by atoms with Gasteiger partial charge in [0.1, 0.15) is 0 Å². The molecule has 95 valence electrons.